The first-order valence-electron chi connectivity index (χ1n) is 17.0. The highest BCUT2D eigenvalue weighted by Crippen LogP contribution is 2.15. The van der Waals surface area contributed by atoms with Crippen molar-refractivity contribution in [3.63, 3.8) is 0 Å². The van der Waals surface area contributed by atoms with Crippen molar-refractivity contribution in [2.75, 3.05) is 54.5 Å². The summed E-state index contributed by atoms with van der Waals surface area (Å²) in [7, 11) is 7.76. The summed E-state index contributed by atoms with van der Waals surface area (Å²) >= 11 is 0. The molecule has 14 heteroatoms. The Bertz CT molecular complexity index is 1820. The van der Waals surface area contributed by atoms with E-state index in [9.17, 15) is 28.6 Å². The number of hydrogen-bond donors (Lipinski definition) is 4. The third-order valence-electron chi connectivity index (χ3n) is 6.91. The molecule has 0 spiro atoms. The summed E-state index contributed by atoms with van der Waals surface area (Å²) in [5.74, 6) is -2.84. The first kappa shape index (κ1) is 45.5. The molecule has 0 amide bonds. The molecule has 0 bridgehead atoms. The SMILES string of the molecule is CN(C)CCO/N=C(\C=C\c1ccc(O)cc1)c1ccccc1F.CN(C)CCO/N=C(\C=C\c1ccc(O)cc1)c1ccccc1F.O=C(O)/C=C/C(=O)O. The molecule has 56 heavy (non-hydrogen) atoms. The van der Waals surface area contributed by atoms with E-state index in [-0.39, 0.29) is 23.1 Å². The molecule has 0 saturated carbocycles. The zero-order valence-electron chi connectivity index (χ0n) is 31.5. The first-order chi connectivity index (χ1) is 26.7. The van der Waals surface area contributed by atoms with E-state index < -0.39 is 11.9 Å². The number of likely N-dealkylation sites (N-methyl/N-ethyl adjacent to an activating group) is 2. The number of halogens is 2. The molecule has 0 heterocycles. The fourth-order valence-corrected chi connectivity index (χ4v) is 4.02. The highest BCUT2D eigenvalue weighted by molar-refractivity contribution is 6.11. The summed E-state index contributed by atoms with van der Waals surface area (Å²) in [6, 6.07) is 26.3. The van der Waals surface area contributed by atoms with E-state index in [4.69, 9.17) is 19.9 Å². The standard InChI is InChI=1S/2C19H21FN2O2.C4H4O4/c2*1-22(2)13-14-24-21-19(17-5-3-4-6-18(17)20)12-9-15-7-10-16(23)11-8-15;5-3(6)1-2-4(7)8/h2*3-12,23H,13-14H2,1-2H3;1-2H,(H,5,6)(H,7,8)/b2*12-9+,21-19+;2-1+. The summed E-state index contributed by atoms with van der Waals surface area (Å²) in [6.45, 7) is 2.27. The molecular weight excluding hydrogens is 726 g/mol. The minimum atomic E-state index is -1.26. The van der Waals surface area contributed by atoms with Crippen LogP contribution in [0.5, 0.6) is 11.5 Å². The van der Waals surface area contributed by atoms with E-state index in [1.807, 2.05) is 38.0 Å². The number of hydrogen-bond acceptors (Lipinski definition) is 10. The van der Waals surface area contributed by atoms with Crippen LogP contribution in [0.4, 0.5) is 8.78 Å². The van der Waals surface area contributed by atoms with Gasteiger partial charge in [0.15, 0.2) is 0 Å². The van der Waals surface area contributed by atoms with Gasteiger partial charge in [-0.05, 0) is 100 Å². The van der Waals surface area contributed by atoms with Crippen LogP contribution in [0.1, 0.15) is 22.3 Å². The van der Waals surface area contributed by atoms with Crippen LogP contribution in [0.15, 0.2) is 132 Å². The van der Waals surface area contributed by atoms with E-state index >= 15 is 0 Å². The Morgan fingerprint density at radius 1 is 0.571 bits per heavy atom. The van der Waals surface area contributed by atoms with Gasteiger partial charge in [-0.15, -0.1) is 0 Å². The number of oxime groups is 2. The number of nitrogens with zero attached hydrogens (tertiary/aromatic N) is 4. The van der Waals surface area contributed by atoms with Crippen molar-refractivity contribution in [1.82, 2.24) is 9.80 Å². The van der Waals surface area contributed by atoms with Crippen LogP contribution in [-0.4, -0.2) is 108 Å². The van der Waals surface area contributed by atoms with E-state index in [2.05, 4.69) is 10.3 Å². The Kier molecular flexibility index (Phi) is 20.6. The molecular formula is C42H46F2N4O8. The molecule has 4 rings (SSSR count). The number of aliphatic carboxylic acids is 2. The lowest BCUT2D eigenvalue weighted by atomic mass is 10.1. The Morgan fingerprint density at radius 2 is 0.911 bits per heavy atom. The fourth-order valence-electron chi connectivity index (χ4n) is 4.02. The highest BCUT2D eigenvalue weighted by Gasteiger charge is 2.09. The molecule has 12 nitrogen and oxygen atoms in total. The number of phenolic OH excluding ortho intramolecular Hbond substituents is 2. The molecule has 0 aliphatic rings. The molecule has 0 saturated heterocycles. The molecule has 0 radical (unpaired) electrons. The van der Waals surface area contributed by atoms with E-state index in [1.54, 1.807) is 109 Å². The summed E-state index contributed by atoms with van der Waals surface area (Å²) in [5, 5.41) is 42.4. The van der Waals surface area contributed by atoms with Crippen molar-refractivity contribution in [2.24, 2.45) is 10.3 Å². The topological polar surface area (TPSA) is 165 Å². The number of carbonyl (C=O) groups is 2. The maximum absolute atomic E-state index is 14.0. The van der Waals surface area contributed by atoms with Crippen LogP contribution in [0.3, 0.4) is 0 Å². The fraction of sp³-hybridized carbons (Fsp3) is 0.190. The number of carboxylic acid groups (broad SMARTS) is 2. The van der Waals surface area contributed by atoms with E-state index in [0.717, 1.165) is 24.2 Å². The van der Waals surface area contributed by atoms with Gasteiger partial charge < -0.3 is 39.9 Å². The predicted octanol–water partition coefficient (Wildman–Crippen LogP) is 6.77. The number of phenols is 2. The van der Waals surface area contributed by atoms with Gasteiger partial charge in [-0.2, -0.15) is 0 Å². The normalized spacial score (nSPS) is 11.7. The van der Waals surface area contributed by atoms with Gasteiger partial charge >= 0.3 is 11.9 Å². The van der Waals surface area contributed by atoms with Crippen LogP contribution in [0, 0.1) is 11.6 Å². The number of allylic oxidation sites excluding steroid dienone is 2. The molecule has 0 atom stereocenters. The first-order valence-corrected chi connectivity index (χ1v) is 17.0. The average molecular weight is 773 g/mol. The van der Waals surface area contributed by atoms with Gasteiger partial charge in [-0.1, -0.05) is 71.0 Å². The van der Waals surface area contributed by atoms with Gasteiger partial charge in [0, 0.05) is 36.4 Å². The summed E-state index contributed by atoms with van der Waals surface area (Å²) in [4.78, 5) is 33.7. The maximum Gasteiger partial charge on any atom is 0.328 e. The summed E-state index contributed by atoms with van der Waals surface area (Å²) < 4.78 is 28.1. The van der Waals surface area contributed by atoms with Crippen LogP contribution in [-0.2, 0) is 19.3 Å². The van der Waals surface area contributed by atoms with Gasteiger partial charge in [-0.3, -0.25) is 0 Å². The largest absolute Gasteiger partial charge is 0.508 e. The van der Waals surface area contributed by atoms with Crippen molar-refractivity contribution in [3.8, 4) is 11.5 Å². The smallest absolute Gasteiger partial charge is 0.328 e. The van der Waals surface area contributed by atoms with E-state index in [1.165, 1.54) is 12.1 Å². The third kappa shape index (κ3) is 19.4. The Morgan fingerprint density at radius 3 is 1.21 bits per heavy atom. The van der Waals surface area contributed by atoms with Crippen molar-refractivity contribution in [3.05, 3.63) is 155 Å². The van der Waals surface area contributed by atoms with Crippen molar-refractivity contribution in [2.45, 2.75) is 0 Å². The lowest BCUT2D eigenvalue weighted by Gasteiger charge is -2.08. The highest BCUT2D eigenvalue weighted by atomic mass is 19.1. The quantitative estimate of drug-likeness (QED) is 0.0414. The van der Waals surface area contributed by atoms with Gasteiger partial charge in [0.2, 0.25) is 0 Å². The predicted molar refractivity (Wildman–Crippen MR) is 214 cm³/mol. The zero-order valence-corrected chi connectivity index (χ0v) is 31.5. The van der Waals surface area contributed by atoms with Crippen LogP contribution in [0.25, 0.3) is 12.2 Å². The molecule has 0 fully saturated rings. The molecule has 4 aromatic rings. The molecule has 4 aromatic carbocycles. The Hall–Kier alpha value is -6.64. The summed E-state index contributed by atoms with van der Waals surface area (Å²) in [5.41, 5.74) is 3.28. The minimum Gasteiger partial charge on any atom is -0.508 e. The Labute approximate surface area is 324 Å². The van der Waals surface area contributed by atoms with Gasteiger partial charge in [0.1, 0.15) is 47.8 Å². The van der Waals surface area contributed by atoms with Crippen molar-refractivity contribution in [1.29, 1.82) is 0 Å². The number of carboxylic acids is 2. The number of rotatable bonds is 16. The molecule has 0 aliphatic carbocycles. The maximum atomic E-state index is 14.0. The molecule has 0 unspecified atom stereocenters. The monoisotopic (exact) mass is 772 g/mol. The van der Waals surface area contributed by atoms with Gasteiger partial charge in [0.05, 0.1) is 0 Å². The van der Waals surface area contributed by atoms with Gasteiger partial charge in [0.25, 0.3) is 0 Å². The van der Waals surface area contributed by atoms with Crippen molar-refractivity contribution >= 4 is 35.5 Å². The van der Waals surface area contributed by atoms with Crippen molar-refractivity contribution < 1.29 is 48.5 Å². The zero-order chi connectivity index (χ0) is 41.3. The lowest BCUT2D eigenvalue weighted by molar-refractivity contribution is -0.134. The lowest BCUT2D eigenvalue weighted by Crippen LogP contribution is -2.17. The molecule has 0 aromatic heterocycles. The minimum absolute atomic E-state index is 0.196. The van der Waals surface area contributed by atoms with E-state index in [0.29, 0.717) is 47.9 Å². The second kappa shape index (κ2) is 25.4. The van der Waals surface area contributed by atoms with Crippen LogP contribution < -0.4 is 0 Å². The Balaban J connectivity index is 0.000000325. The van der Waals surface area contributed by atoms with Crippen LogP contribution in [0.2, 0.25) is 0 Å². The second-order valence-corrected chi connectivity index (χ2v) is 12.0. The third-order valence-corrected chi connectivity index (χ3v) is 6.91. The number of aromatic hydroxyl groups is 2. The summed E-state index contributed by atoms with van der Waals surface area (Å²) in [6.07, 6.45) is 8.09. The number of benzene rings is 4. The average Bonchev–Trinajstić information content (AvgIpc) is 3.16. The van der Waals surface area contributed by atoms with Gasteiger partial charge in [-0.25, -0.2) is 18.4 Å². The van der Waals surface area contributed by atoms with Crippen LogP contribution >= 0.6 is 0 Å². The molecule has 4 N–H and O–H groups in total. The molecule has 0 aliphatic heterocycles. The second-order valence-electron chi connectivity index (χ2n) is 12.0. The molecule has 296 valence electrons.